The largest absolute Gasteiger partial charge is 0.462 e. The van der Waals surface area contributed by atoms with Crippen molar-refractivity contribution in [1.82, 2.24) is 10.6 Å². The number of hydrogen-bond donors (Lipinski definition) is 3. The van der Waals surface area contributed by atoms with E-state index < -0.39 is 33.9 Å². The Balaban J connectivity index is 5.07. The van der Waals surface area contributed by atoms with Gasteiger partial charge in [0, 0.05) is 37.3 Å². The first-order valence-corrected chi connectivity index (χ1v) is 27.7. The van der Waals surface area contributed by atoms with Crippen LogP contribution in [0.25, 0.3) is 0 Å². The maximum absolute atomic E-state index is 13.1. The van der Waals surface area contributed by atoms with E-state index in [1.165, 1.54) is 140 Å². The lowest BCUT2D eigenvalue weighted by atomic mass is 10.0. The first-order chi connectivity index (χ1) is 29.5. The van der Waals surface area contributed by atoms with Gasteiger partial charge in [-0.25, -0.2) is 0 Å². The van der Waals surface area contributed by atoms with Crippen molar-refractivity contribution in [2.45, 2.75) is 251 Å². The molecule has 0 aliphatic carbocycles. The number of thioether (sulfide) groups is 1. The lowest BCUT2D eigenvalue weighted by Crippen LogP contribution is -2.49. The summed E-state index contributed by atoms with van der Waals surface area (Å²) in [7, 11) is -4.28. The minimum atomic E-state index is -4.28. The van der Waals surface area contributed by atoms with E-state index in [9.17, 15) is 27.6 Å². The predicted octanol–water partition coefficient (Wildman–Crippen LogP) is 12.0. The fourth-order valence-electron chi connectivity index (χ4n) is 7.28. The van der Waals surface area contributed by atoms with Gasteiger partial charge in [-0.2, -0.15) is 20.2 Å². The number of amides is 2. The highest BCUT2D eigenvalue weighted by Gasteiger charge is 2.24. The Kier molecular flexibility index (Phi) is 42.1. The summed E-state index contributed by atoms with van der Waals surface area (Å²) in [6.07, 6.45) is 36.1. The highest BCUT2D eigenvalue weighted by atomic mass is 32.2. The molecule has 0 aliphatic rings. The maximum Gasteiger partial charge on any atom is 0.306 e. The number of nitrogens with one attached hydrogen (secondary N) is 2. The summed E-state index contributed by atoms with van der Waals surface area (Å²) >= 11 is 1.29. The Morgan fingerprint density at radius 2 is 0.902 bits per heavy atom. The van der Waals surface area contributed by atoms with Gasteiger partial charge in [0.2, 0.25) is 11.8 Å². The second kappa shape index (κ2) is 43.4. The molecule has 11 nitrogen and oxygen atoms in total. The van der Waals surface area contributed by atoms with E-state index in [2.05, 4.69) is 31.4 Å². The molecular weight excluding hydrogens is 813 g/mol. The Labute approximate surface area is 378 Å². The Morgan fingerprint density at radius 1 is 0.525 bits per heavy atom. The van der Waals surface area contributed by atoms with Crippen molar-refractivity contribution >= 4 is 45.6 Å². The van der Waals surface area contributed by atoms with Crippen LogP contribution in [0, 0.1) is 0 Å². The monoisotopic (exact) mass is 905 g/mol. The Morgan fingerprint density at radius 3 is 1.31 bits per heavy atom. The van der Waals surface area contributed by atoms with Crippen molar-refractivity contribution in [3.05, 3.63) is 0 Å². The smallest absolute Gasteiger partial charge is 0.306 e. The standard InChI is InChI=1S/C48H92N2O9S2/c1-4-7-10-13-16-19-20-21-22-25-26-29-32-35-45(51)50-44(48(54)49-38-39-61(55,56)57)42-60-41-43(59-47(53)37-34-31-28-24-18-15-12-9-6-3)40-58-46(52)36-33-30-27-23-17-14-11-8-5-2/h43-44H,4-42H2,1-3H3,(H,49,54)(H,50,51)(H,55,56,57)/t43-,44+/m1/s1. The SMILES string of the molecule is CCCCCCCCCCCCCCCC(=O)N[C@@H](CSC[C@@H](COC(=O)CCCCCCCCCCC)OC(=O)CCCCCCCCCCC)C(=O)NCCS(=O)(=O)O. The summed E-state index contributed by atoms with van der Waals surface area (Å²) in [6, 6.07) is -0.978. The van der Waals surface area contributed by atoms with Crippen molar-refractivity contribution < 1.29 is 41.6 Å². The fourth-order valence-corrected chi connectivity index (χ4v) is 8.67. The average Bonchev–Trinajstić information content (AvgIpc) is 3.22. The number of carbonyl (C=O) groups excluding carboxylic acids is 4. The van der Waals surface area contributed by atoms with Gasteiger partial charge in [-0.15, -0.1) is 0 Å². The summed E-state index contributed by atoms with van der Waals surface area (Å²) in [5, 5.41) is 5.31. The van der Waals surface area contributed by atoms with Gasteiger partial charge in [-0.3, -0.25) is 23.7 Å². The van der Waals surface area contributed by atoms with Crippen LogP contribution in [0.2, 0.25) is 0 Å². The zero-order valence-corrected chi connectivity index (χ0v) is 40.9. The first kappa shape index (κ1) is 59.1. The second-order valence-electron chi connectivity index (χ2n) is 17.2. The molecule has 0 saturated heterocycles. The normalized spacial score (nSPS) is 12.5. The molecule has 0 saturated carbocycles. The molecule has 0 aromatic rings. The van der Waals surface area contributed by atoms with Gasteiger partial charge in [0.15, 0.2) is 0 Å². The lowest BCUT2D eigenvalue weighted by molar-refractivity contribution is -0.157. The van der Waals surface area contributed by atoms with Gasteiger partial charge < -0.3 is 20.1 Å². The van der Waals surface area contributed by atoms with Crippen LogP contribution in [0.3, 0.4) is 0 Å². The van der Waals surface area contributed by atoms with E-state index in [0.29, 0.717) is 12.8 Å². The Bertz CT molecular complexity index is 1170. The van der Waals surface area contributed by atoms with E-state index in [0.717, 1.165) is 64.2 Å². The van der Waals surface area contributed by atoms with Crippen molar-refractivity contribution in [3.8, 4) is 0 Å². The van der Waals surface area contributed by atoms with Crippen molar-refractivity contribution in [2.24, 2.45) is 0 Å². The molecule has 0 aliphatic heterocycles. The summed E-state index contributed by atoms with van der Waals surface area (Å²) in [6.45, 7) is 6.26. The molecule has 0 bridgehead atoms. The molecule has 360 valence electrons. The van der Waals surface area contributed by atoms with Crippen LogP contribution in [0.4, 0.5) is 0 Å². The van der Waals surface area contributed by atoms with Crippen LogP contribution in [0.1, 0.15) is 239 Å². The minimum absolute atomic E-state index is 0.0939. The van der Waals surface area contributed by atoms with E-state index in [-0.39, 0.29) is 55.3 Å². The van der Waals surface area contributed by atoms with Gasteiger partial charge in [-0.05, 0) is 19.3 Å². The molecule has 0 rings (SSSR count). The molecular formula is C48H92N2O9S2. The second-order valence-corrected chi connectivity index (χ2v) is 19.8. The lowest BCUT2D eigenvalue weighted by Gasteiger charge is -2.21. The number of carbonyl (C=O) groups is 4. The molecule has 3 N–H and O–H groups in total. The van der Waals surface area contributed by atoms with Gasteiger partial charge in [0.1, 0.15) is 18.8 Å². The van der Waals surface area contributed by atoms with Crippen molar-refractivity contribution in [2.75, 3.05) is 30.4 Å². The molecule has 0 spiro atoms. The third kappa shape index (κ3) is 43.2. The highest BCUT2D eigenvalue weighted by Crippen LogP contribution is 2.16. The number of ether oxygens (including phenoxy) is 2. The van der Waals surface area contributed by atoms with Crippen LogP contribution in [-0.4, -0.2) is 79.3 Å². The van der Waals surface area contributed by atoms with Crippen LogP contribution in [-0.2, 0) is 38.8 Å². The van der Waals surface area contributed by atoms with Gasteiger partial charge in [-0.1, -0.05) is 201 Å². The number of hydrogen-bond acceptors (Lipinski definition) is 9. The van der Waals surface area contributed by atoms with Gasteiger partial charge in [0.25, 0.3) is 10.1 Å². The fraction of sp³-hybridized carbons (Fsp3) is 0.917. The molecule has 0 heterocycles. The molecule has 0 radical (unpaired) electrons. The average molecular weight is 905 g/mol. The molecule has 2 atom stereocenters. The molecule has 61 heavy (non-hydrogen) atoms. The summed E-state index contributed by atoms with van der Waals surface area (Å²) in [5.41, 5.74) is 0. The van der Waals surface area contributed by atoms with Crippen molar-refractivity contribution in [3.63, 3.8) is 0 Å². The molecule has 13 heteroatoms. The third-order valence-corrected chi connectivity index (χ3v) is 13.0. The highest BCUT2D eigenvalue weighted by molar-refractivity contribution is 7.99. The molecule has 0 aromatic heterocycles. The van der Waals surface area contributed by atoms with Crippen LogP contribution >= 0.6 is 11.8 Å². The summed E-state index contributed by atoms with van der Waals surface area (Å²) in [5.74, 6) is -1.81. The summed E-state index contributed by atoms with van der Waals surface area (Å²) < 4.78 is 43.0. The van der Waals surface area contributed by atoms with Gasteiger partial charge >= 0.3 is 11.9 Å². The summed E-state index contributed by atoms with van der Waals surface area (Å²) in [4.78, 5) is 51.7. The maximum atomic E-state index is 13.1. The van der Waals surface area contributed by atoms with Crippen LogP contribution < -0.4 is 10.6 Å². The number of rotatable bonds is 46. The number of unbranched alkanes of at least 4 members (excludes halogenated alkanes) is 28. The topological polar surface area (TPSA) is 165 Å². The van der Waals surface area contributed by atoms with Gasteiger partial charge in [0.05, 0.1) is 5.75 Å². The molecule has 2 amide bonds. The zero-order valence-electron chi connectivity index (χ0n) is 39.3. The number of esters is 2. The van der Waals surface area contributed by atoms with E-state index in [4.69, 9.17) is 14.0 Å². The minimum Gasteiger partial charge on any atom is -0.462 e. The molecule has 0 fully saturated rings. The van der Waals surface area contributed by atoms with Crippen LogP contribution in [0.15, 0.2) is 0 Å². The molecule has 0 unspecified atom stereocenters. The van der Waals surface area contributed by atoms with E-state index >= 15 is 0 Å². The van der Waals surface area contributed by atoms with E-state index in [1.807, 2.05) is 0 Å². The third-order valence-electron chi connectivity index (χ3n) is 11.1. The first-order valence-electron chi connectivity index (χ1n) is 25.0. The van der Waals surface area contributed by atoms with Crippen LogP contribution in [0.5, 0.6) is 0 Å². The van der Waals surface area contributed by atoms with E-state index in [1.54, 1.807) is 0 Å². The molecule has 0 aromatic carbocycles. The van der Waals surface area contributed by atoms with Crippen molar-refractivity contribution in [1.29, 1.82) is 0 Å². The zero-order chi connectivity index (χ0) is 45.1. The Hall–Kier alpha value is -1.86. The predicted molar refractivity (Wildman–Crippen MR) is 254 cm³/mol. The quantitative estimate of drug-likeness (QED) is 0.0304.